The van der Waals surface area contributed by atoms with Gasteiger partial charge in [0.05, 0.1) is 218 Å². The lowest BCUT2D eigenvalue weighted by molar-refractivity contribution is -0.0307. The molecule has 0 spiro atoms. The van der Waals surface area contributed by atoms with Gasteiger partial charge in [-0.05, 0) is 32.1 Å². The molecule has 0 heterocycles. The van der Waals surface area contributed by atoms with Crippen LogP contribution in [0.4, 0.5) is 0 Å². The van der Waals surface area contributed by atoms with Crippen LogP contribution in [0.1, 0.15) is 96.8 Å². The van der Waals surface area contributed by atoms with E-state index in [0.29, 0.717) is 225 Å². The Labute approximate surface area is 425 Å². The second-order valence-electron chi connectivity index (χ2n) is 16.1. The standard InChI is InChI=1S/C52H105NO17/c1-2-3-4-5-6-7-8-9-10-11-12-13-14-15-16-17-19-54-21-23-56-25-27-58-29-31-60-33-35-62-37-39-64-41-43-66-45-47-68-49-51-70-52-50-69-48-46-67-44-42-65-40-38-63-36-34-61-32-30-59-28-26-57-24-22-55-20-18-53/h12-13H,2-11,14-53H2,1H3/b13-12+. The summed E-state index contributed by atoms with van der Waals surface area (Å²) in [7, 11) is 0. The minimum atomic E-state index is 0.499. The summed E-state index contributed by atoms with van der Waals surface area (Å²) in [5, 5.41) is 0. The van der Waals surface area contributed by atoms with Gasteiger partial charge in [-0.3, -0.25) is 0 Å². The van der Waals surface area contributed by atoms with E-state index in [1.807, 2.05) is 0 Å². The molecule has 0 radical (unpaired) electrons. The summed E-state index contributed by atoms with van der Waals surface area (Å²) in [6.45, 7) is 20.8. The normalized spacial score (nSPS) is 11.9. The van der Waals surface area contributed by atoms with Gasteiger partial charge in [-0.25, -0.2) is 0 Å². The lowest BCUT2D eigenvalue weighted by atomic mass is 10.1. The first kappa shape index (κ1) is 69.0. The average Bonchev–Trinajstić information content (AvgIpc) is 3.37. The van der Waals surface area contributed by atoms with Crippen LogP contribution in [-0.2, 0) is 80.5 Å². The number of rotatable bonds is 66. The van der Waals surface area contributed by atoms with Crippen molar-refractivity contribution in [2.45, 2.75) is 96.8 Å². The molecule has 0 atom stereocenters. The predicted octanol–water partition coefficient (Wildman–Crippen LogP) is 6.26. The zero-order valence-corrected chi connectivity index (χ0v) is 44.3. The highest BCUT2D eigenvalue weighted by atomic mass is 16.6. The maximum absolute atomic E-state index is 5.69. The van der Waals surface area contributed by atoms with E-state index < -0.39 is 0 Å². The van der Waals surface area contributed by atoms with E-state index in [-0.39, 0.29) is 0 Å². The Hall–Kier alpha value is -0.980. The van der Waals surface area contributed by atoms with Gasteiger partial charge in [0.15, 0.2) is 0 Å². The van der Waals surface area contributed by atoms with Crippen molar-refractivity contribution in [2.75, 3.05) is 231 Å². The molecule has 18 nitrogen and oxygen atoms in total. The summed E-state index contributed by atoms with van der Waals surface area (Å²) in [6.07, 6.45) is 23.3. The highest BCUT2D eigenvalue weighted by Crippen LogP contribution is 2.11. The fourth-order valence-electron chi connectivity index (χ4n) is 6.16. The first-order valence-corrected chi connectivity index (χ1v) is 27.1. The van der Waals surface area contributed by atoms with Crippen molar-refractivity contribution in [3.05, 3.63) is 12.2 Å². The van der Waals surface area contributed by atoms with Crippen LogP contribution in [0.5, 0.6) is 0 Å². The van der Waals surface area contributed by atoms with Crippen molar-refractivity contribution >= 4 is 0 Å². The van der Waals surface area contributed by atoms with Gasteiger partial charge < -0.3 is 86.3 Å². The highest BCUT2D eigenvalue weighted by Gasteiger charge is 1.99. The molecular weight excluding hydrogens is 911 g/mol. The molecule has 0 aliphatic heterocycles. The minimum Gasteiger partial charge on any atom is -0.379 e. The van der Waals surface area contributed by atoms with Crippen LogP contribution in [0.3, 0.4) is 0 Å². The third-order valence-corrected chi connectivity index (χ3v) is 10.0. The summed E-state index contributed by atoms with van der Waals surface area (Å²) in [5.41, 5.74) is 5.35. The van der Waals surface area contributed by atoms with Crippen LogP contribution in [0.2, 0.25) is 0 Å². The van der Waals surface area contributed by atoms with E-state index in [1.54, 1.807) is 0 Å². The summed E-state index contributed by atoms with van der Waals surface area (Å²) in [5.74, 6) is 0. The zero-order chi connectivity index (χ0) is 50.1. The molecule has 0 aromatic rings. The van der Waals surface area contributed by atoms with Crippen molar-refractivity contribution in [1.29, 1.82) is 0 Å². The molecule has 0 aliphatic rings. The van der Waals surface area contributed by atoms with Crippen molar-refractivity contribution in [1.82, 2.24) is 0 Å². The summed E-state index contributed by atoms with van der Waals surface area (Å²) in [6, 6.07) is 0. The molecule has 0 aliphatic carbocycles. The van der Waals surface area contributed by atoms with E-state index in [9.17, 15) is 0 Å². The monoisotopic (exact) mass is 1020 g/mol. The zero-order valence-electron chi connectivity index (χ0n) is 44.3. The van der Waals surface area contributed by atoms with E-state index in [0.717, 1.165) is 13.0 Å². The van der Waals surface area contributed by atoms with Crippen molar-refractivity contribution in [2.24, 2.45) is 5.73 Å². The van der Waals surface area contributed by atoms with Crippen LogP contribution < -0.4 is 5.73 Å². The Morgan fingerprint density at radius 2 is 0.371 bits per heavy atom. The fraction of sp³-hybridized carbons (Fsp3) is 0.962. The molecular formula is C52H105NO17. The van der Waals surface area contributed by atoms with Crippen LogP contribution in [-0.4, -0.2) is 231 Å². The number of hydrogen-bond acceptors (Lipinski definition) is 18. The number of allylic oxidation sites excluding steroid dienone is 2. The van der Waals surface area contributed by atoms with Gasteiger partial charge in [0.1, 0.15) is 0 Å². The van der Waals surface area contributed by atoms with E-state index in [2.05, 4.69) is 19.1 Å². The molecule has 0 rings (SSSR count). The SMILES string of the molecule is CCCCCCCCCCC/C=C/CCCCCOCCOCCOCCOCCOCCOCCOCCOCCOCCOCCOCCOCCOCCOCCOCCOCCOCCN. The topological polar surface area (TPSA) is 183 Å². The van der Waals surface area contributed by atoms with E-state index in [4.69, 9.17) is 86.3 Å². The summed E-state index contributed by atoms with van der Waals surface area (Å²) >= 11 is 0. The van der Waals surface area contributed by atoms with Gasteiger partial charge >= 0.3 is 0 Å². The minimum absolute atomic E-state index is 0.499. The Kier molecular flexibility index (Phi) is 67.1. The molecule has 70 heavy (non-hydrogen) atoms. The molecule has 0 unspecified atom stereocenters. The van der Waals surface area contributed by atoms with Crippen LogP contribution in [0.15, 0.2) is 12.2 Å². The maximum Gasteiger partial charge on any atom is 0.0701 e. The third-order valence-electron chi connectivity index (χ3n) is 10.0. The first-order valence-electron chi connectivity index (χ1n) is 27.1. The molecule has 0 bridgehead atoms. The van der Waals surface area contributed by atoms with Crippen molar-refractivity contribution in [3.63, 3.8) is 0 Å². The van der Waals surface area contributed by atoms with Crippen molar-refractivity contribution in [3.8, 4) is 0 Å². The van der Waals surface area contributed by atoms with Gasteiger partial charge in [0, 0.05) is 13.2 Å². The molecule has 0 amide bonds. The van der Waals surface area contributed by atoms with Crippen LogP contribution in [0, 0.1) is 0 Å². The van der Waals surface area contributed by atoms with Gasteiger partial charge in [-0.2, -0.15) is 0 Å². The fourth-order valence-corrected chi connectivity index (χ4v) is 6.16. The van der Waals surface area contributed by atoms with Crippen molar-refractivity contribution < 1.29 is 80.5 Å². The average molecular weight is 1020 g/mol. The second kappa shape index (κ2) is 68.0. The molecule has 0 saturated carbocycles. The lowest BCUT2D eigenvalue weighted by Crippen LogP contribution is -2.16. The van der Waals surface area contributed by atoms with Gasteiger partial charge in [-0.15, -0.1) is 0 Å². The van der Waals surface area contributed by atoms with E-state index >= 15 is 0 Å². The maximum atomic E-state index is 5.69. The second-order valence-corrected chi connectivity index (χ2v) is 16.1. The lowest BCUT2D eigenvalue weighted by Gasteiger charge is -2.09. The molecule has 2 N–H and O–H groups in total. The Morgan fingerprint density at radius 1 is 0.200 bits per heavy atom. The first-order chi connectivity index (χ1) is 34.9. The molecule has 0 aromatic carbocycles. The van der Waals surface area contributed by atoms with Crippen LogP contribution in [0.25, 0.3) is 0 Å². The molecule has 0 saturated heterocycles. The van der Waals surface area contributed by atoms with Gasteiger partial charge in [0.25, 0.3) is 0 Å². The van der Waals surface area contributed by atoms with Gasteiger partial charge in [-0.1, -0.05) is 76.9 Å². The smallest absolute Gasteiger partial charge is 0.0701 e. The number of nitrogens with two attached hydrogens (primary N) is 1. The molecule has 18 heteroatoms. The largest absolute Gasteiger partial charge is 0.379 e. The molecule has 0 aromatic heterocycles. The number of hydrogen-bond donors (Lipinski definition) is 1. The number of ether oxygens (including phenoxy) is 17. The highest BCUT2D eigenvalue weighted by molar-refractivity contribution is 4.81. The quantitative estimate of drug-likeness (QED) is 0.0531. The predicted molar refractivity (Wildman–Crippen MR) is 272 cm³/mol. The van der Waals surface area contributed by atoms with Crippen LogP contribution >= 0.6 is 0 Å². The Balaban J connectivity index is 3.09. The summed E-state index contributed by atoms with van der Waals surface area (Å²) < 4.78 is 93.5. The molecule has 420 valence electrons. The van der Waals surface area contributed by atoms with Gasteiger partial charge in [0.2, 0.25) is 0 Å². The third kappa shape index (κ3) is 67.0. The summed E-state index contributed by atoms with van der Waals surface area (Å²) in [4.78, 5) is 0. The Morgan fingerprint density at radius 3 is 0.586 bits per heavy atom. The molecule has 0 fully saturated rings. The number of unbranched alkanes of at least 4 members (excludes halogenated alkanes) is 12. The van der Waals surface area contributed by atoms with E-state index in [1.165, 1.54) is 83.5 Å². The Bertz CT molecular complexity index is 932.